The lowest BCUT2D eigenvalue weighted by Crippen LogP contribution is -2.13. The van der Waals surface area contributed by atoms with Crippen molar-refractivity contribution in [2.75, 3.05) is 6.61 Å². The fraction of sp³-hybridized carbons (Fsp3) is 0.400. The van der Waals surface area contributed by atoms with Crippen molar-refractivity contribution < 1.29 is 5.11 Å². The highest BCUT2D eigenvalue weighted by Crippen LogP contribution is 2.14. The summed E-state index contributed by atoms with van der Waals surface area (Å²) in [4.78, 5) is 0. The summed E-state index contributed by atoms with van der Waals surface area (Å²) in [6, 6.07) is 10.5. The first-order chi connectivity index (χ1) is 8.67. The van der Waals surface area contributed by atoms with Crippen LogP contribution in [0.4, 0.5) is 0 Å². The molecule has 0 amide bonds. The van der Waals surface area contributed by atoms with E-state index in [0.29, 0.717) is 0 Å². The van der Waals surface area contributed by atoms with Gasteiger partial charge in [-0.25, -0.2) is 0 Å². The Hall–Kier alpha value is -1.61. The number of rotatable bonds is 5. The Morgan fingerprint density at radius 1 is 1.17 bits per heavy atom. The second-order valence-electron chi connectivity index (χ2n) is 4.92. The number of aryl methyl sites for hydroxylation is 2. The molecular formula is C15H20N2O. The molecule has 0 aliphatic rings. The average molecular weight is 244 g/mol. The molecule has 0 spiro atoms. The molecule has 0 saturated carbocycles. The highest BCUT2D eigenvalue weighted by Gasteiger charge is 2.11. The highest BCUT2D eigenvalue weighted by molar-refractivity contribution is 5.22. The summed E-state index contributed by atoms with van der Waals surface area (Å²) in [7, 11) is 1.91. The minimum Gasteiger partial charge on any atom is -0.396 e. The molecule has 0 radical (unpaired) electrons. The van der Waals surface area contributed by atoms with E-state index in [1.165, 1.54) is 11.1 Å². The van der Waals surface area contributed by atoms with Crippen LogP contribution in [0.1, 0.15) is 16.8 Å². The fourth-order valence-electron chi connectivity index (χ4n) is 2.13. The summed E-state index contributed by atoms with van der Waals surface area (Å²) < 4.78 is 1.80. The molecular weight excluding hydrogens is 224 g/mol. The van der Waals surface area contributed by atoms with Crippen molar-refractivity contribution in [2.24, 2.45) is 13.0 Å². The topological polar surface area (TPSA) is 38.0 Å². The molecule has 0 aliphatic heterocycles. The second-order valence-corrected chi connectivity index (χ2v) is 4.92. The third kappa shape index (κ3) is 3.44. The van der Waals surface area contributed by atoms with Gasteiger partial charge in [0.1, 0.15) is 0 Å². The third-order valence-corrected chi connectivity index (χ3v) is 3.17. The van der Waals surface area contributed by atoms with E-state index in [2.05, 4.69) is 36.3 Å². The van der Waals surface area contributed by atoms with Crippen LogP contribution in [0, 0.1) is 12.8 Å². The summed E-state index contributed by atoms with van der Waals surface area (Å²) in [5, 5.41) is 13.8. The van der Waals surface area contributed by atoms with Gasteiger partial charge in [-0.1, -0.05) is 29.8 Å². The molecule has 1 aromatic heterocycles. The molecule has 0 aliphatic carbocycles. The number of aliphatic hydroxyl groups is 1. The first kappa shape index (κ1) is 12.8. The number of aliphatic hydroxyl groups excluding tert-OH is 1. The Bertz CT molecular complexity index is 487. The average Bonchev–Trinajstić information content (AvgIpc) is 2.77. The Morgan fingerprint density at radius 2 is 1.89 bits per heavy atom. The van der Waals surface area contributed by atoms with Crippen LogP contribution in [-0.2, 0) is 19.9 Å². The Morgan fingerprint density at radius 3 is 2.44 bits per heavy atom. The minimum absolute atomic E-state index is 0.199. The molecule has 2 aromatic rings. The lowest BCUT2D eigenvalue weighted by Gasteiger charge is -2.13. The zero-order valence-corrected chi connectivity index (χ0v) is 11.0. The summed E-state index contributed by atoms with van der Waals surface area (Å²) in [6.07, 6.45) is 3.66. The molecule has 0 bridgehead atoms. The van der Waals surface area contributed by atoms with E-state index in [1.54, 1.807) is 4.68 Å². The van der Waals surface area contributed by atoms with Crippen LogP contribution >= 0.6 is 0 Å². The van der Waals surface area contributed by atoms with Crippen LogP contribution in [0.2, 0.25) is 0 Å². The van der Waals surface area contributed by atoms with Crippen molar-refractivity contribution in [1.29, 1.82) is 0 Å². The van der Waals surface area contributed by atoms with Crippen molar-refractivity contribution in [3.8, 4) is 0 Å². The van der Waals surface area contributed by atoms with Crippen LogP contribution in [0.25, 0.3) is 0 Å². The van der Waals surface area contributed by atoms with E-state index >= 15 is 0 Å². The molecule has 18 heavy (non-hydrogen) atoms. The molecule has 0 saturated heterocycles. The maximum absolute atomic E-state index is 9.48. The summed E-state index contributed by atoms with van der Waals surface area (Å²) in [5.41, 5.74) is 3.59. The smallest absolute Gasteiger partial charge is 0.0628 e. The quantitative estimate of drug-likeness (QED) is 0.875. The zero-order chi connectivity index (χ0) is 13.0. The van der Waals surface area contributed by atoms with Crippen LogP contribution < -0.4 is 0 Å². The number of aromatic nitrogens is 2. The van der Waals surface area contributed by atoms with E-state index in [1.807, 2.05) is 19.3 Å². The largest absolute Gasteiger partial charge is 0.396 e. The van der Waals surface area contributed by atoms with Gasteiger partial charge in [-0.3, -0.25) is 4.68 Å². The van der Waals surface area contributed by atoms with Gasteiger partial charge >= 0.3 is 0 Å². The van der Waals surface area contributed by atoms with Gasteiger partial charge in [0, 0.05) is 19.9 Å². The van der Waals surface area contributed by atoms with E-state index in [-0.39, 0.29) is 12.5 Å². The molecule has 3 heteroatoms. The first-order valence-corrected chi connectivity index (χ1v) is 6.32. The normalized spacial score (nSPS) is 12.6. The summed E-state index contributed by atoms with van der Waals surface area (Å²) in [6.45, 7) is 2.28. The van der Waals surface area contributed by atoms with Crippen molar-refractivity contribution in [3.05, 3.63) is 53.3 Å². The van der Waals surface area contributed by atoms with Gasteiger partial charge in [0.15, 0.2) is 0 Å². The van der Waals surface area contributed by atoms with Crippen LogP contribution in [0.3, 0.4) is 0 Å². The van der Waals surface area contributed by atoms with E-state index in [0.717, 1.165) is 18.5 Å². The lowest BCUT2D eigenvalue weighted by atomic mass is 9.95. The molecule has 0 fully saturated rings. The molecule has 1 unspecified atom stereocenters. The van der Waals surface area contributed by atoms with Gasteiger partial charge in [-0.05, 0) is 37.3 Å². The van der Waals surface area contributed by atoms with Gasteiger partial charge in [0.25, 0.3) is 0 Å². The van der Waals surface area contributed by atoms with Crippen molar-refractivity contribution in [1.82, 2.24) is 9.78 Å². The molecule has 2 rings (SSSR count). The van der Waals surface area contributed by atoms with Gasteiger partial charge in [-0.2, -0.15) is 5.10 Å². The predicted octanol–water partition coefficient (Wildman–Crippen LogP) is 2.12. The standard InChI is InChI=1S/C15H20N2O/c1-12-3-5-13(6-4-12)9-14(11-18)10-15-7-8-17(2)16-15/h3-8,14,18H,9-11H2,1-2H3. The van der Waals surface area contributed by atoms with Gasteiger partial charge in [0.2, 0.25) is 0 Å². The molecule has 3 nitrogen and oxygen atoms in total. The van der Waals surface area contributed by atoms with Crippen LogP contribution in [0.5, 0.6) is 0 Å². The Kier molecular flexibility index (Phi) is 4.15. The third-order valence-electron chi connectivity index (χ3n) is 3.17. The highest BCUT2D eigenvalue weighted by atomic mass is 16.3. The maximum Gasteiger partial charge on any atom is 0.0628 e. The van der Waals surface area contributed by atoms with E-state index < -0.39 is 0 Å². The van der Waals surface area contributed by atoms with Crippen molar-refractivity contribution in [3.63, 3.8) is 0 Å². The predicted molar refractivity (Wildman–Crippen MR) is 72.4 cm³/mol. The molecule has 1 N–H and O–H groups in total. The van der Waals surface area contributed by atoms with E-state index in [4.69, 9.17) is 0 Å². The number of nitrogens with zero attached hydrogens (tertiary/aromatic N) is 2. The molecule has 1 heterocycles. The first-order valence-electron chi connectivity index (χ1n) is 6.32. The fourth-order valence-corrected chi connectivity index (χ4v) is 2.13. The maximum atomic E-state index is 9.48. The monoisotopic (exact) mass is 244 g/mol. The van der Waals surface area contributed by atoms with E-state index in [9.17, 15) is 5.11 Å². The van der Waals surface area contributed by atoms with Gasteiger partial charge in [-0.15, -0.1) is 0 Å². The number of benzene rings is 1. The number of hydrogen-bond acceptors (Lipinski definition) is 2. The molecule has 96 valence electrons. The van der Waals surface area contributed by atoms with Gasteiger partial charge < -0.3 is 5.11 Å². The van der Waals surface area contributed by atoms with Crippen molar-refractivity contribution in [2.45, 2.75) is 19.8 Å². The molecule has 1 atom stereocenters. The SMILES string of the molecule is Cc1ccc(CC(CO)Cc2ccn(C)n2)cc1. The lowest BCUT2D eigenvalue weighted by molar-refractivity contribution is 0.224. The van der Waals surface area contributed by atoms with Crippen LogP contribution in [0.15, 0.2) is 36.5 Å². The zero-order valence-electron chi connectivity index (χ0n) is 11.0. The Labute approximate surface area is 108 Å². The minimum atomic E-state index is 0.199. The Balaban J connectivity index is 1.99. The number of hydrogen-bond donors (Lipinski definition) is 1. The van der Waals surface area contributed by atoms with Crippen LogP contribution in [-0.4, -0.2) is 21.5 Å². The molecule has 1 aromatic carbocycles. The summed E-state index contributed by atoms with van der Waals surface area (Å²) in [5.74, 6) is 0.239. The second kappa shape index (κ2) is 5.83. The van der Waals surface area contributed by atoms with Crippen molar-refractivity contribution >= 4 is 0 Å². The summed E-state index contributed by atoms with van der Waals surface area (Å²) >= 11 is 0. The van der Waals surface area contributed by atoms with Gasteiger partial charge in [0.05, 0.1) is 5.69 Å².